The molecule has 0 aromatic heterocycles. The normalized spacial score (nSPS) is 18.4. The number of halogens is 2. The minimum Gasteiger partial charge on any atom is -0.496 e. The summed E-state index contributed by atoms with van der Waals surface area (Å²) in [7, 11) is 3.51. The van der Waals surface area contributed by atoms with Crippen molar-refractivity contribution in [3.05, 3.63) is 28.8 Å². The van der Waals surface area contributed by atoms with E-state index in [1.54, 1.807) is 14.2 Å². The number of nitrogens with one attached hydrogen (secondary N) is 2. The molecule has 30 heavy (non-hydrogen) atoms. The van der Waals surface area contributed by atoms with Crippen molar-refractivity contribution in [3.63, 3.8) is 0 Å². The van der Waals surface area contributed by atoms with E-state index >= 15 is 0 Å². The zero-order chi connectivity index (χ0) is 20.5. The number of ether oxygens (including phenoxy) is 3. The molecule has 0 amide bonds. The SMILES string of the molecule is CN=C(NCCCOCC1CC1)NCC1(c2cc(Cl)ccc2OC)CCOCC1.I. The van der Waals surface area contributed by atoms with Crippen LogP contribution in [0.2, 0.25) is 5.02 Å². The highest BCUT2D eigenvalue weighted by atomic mass is 127. The number of methoxy groups -OCH3 is 1. The third-order valence-electron chi connectivity index (χ3n) is 5.81. The van der Waals surface area contributed by atoms with Crippen molar-refractivity contribution in [2.45, 2.75) is 37.5 Å². The van der Waals surface area contributed by atoms with Crippen molar-refractivity contribution < 1.29 is 14.2 Å². The molecule has 1 saturated carbocycles. The van der Waals surface area contributed by atoms with Gasteiger partial charge in [-0.25, -0.2) is 0 Å². The van der Waals surface area contributed by atoms with E-state index < -0.39 is 0 Å². The fourth-order valence-electron chi connectivity index (χ4n) is 3.79. The van der Waals surface area contributed by atoms with Crippen LogP contribution >= 0.6 is 35.6 Å². The van der Waals surface area contributed by atoms with E-state index in [-0.39, 0.29) is 29.4 Å². The van der Waals surface area contributed by atoms with Crippen molar-refractivity contribution in [1.82, 2.24) is 10.6 Å². The Morgan fingerprint density at radius 1 is 1.27 bits per heavy atom. The zero-order valence-corrected chi connectivity index (χ0v) is 21.1. The third-order valence-corrected chi connectivity index (χ3v) is 6.04. The molecule has 1 aliphatic heterocycles. The van der Waals surface area contributed by atoms with Crippen LogP contribution in [0.5, 0.6) is 5.75 Å². The minimum absolute atomic E-state index is 0. The van der Waals surface area contributed by atoms with Gasteiger partial charge in [-0.2, -0.15) is 0 Å². The van der Waals surface area contributed by atoms with Gasteiger partial charge in [0.2, 0.25) is 0 Å². The second kappa shape index (κ2) is 12.9. The second-order valence-corrected chi connectivity index (χ2v) is 8.40. The summed E-state index contributed by atoms with van der Waals surface area (Å²) in [6.45, 7) is 4.73. The van der Waals surface area contributed by atoms with E-state index in [0.29, 0.717) is 0 Å². The Morgan fingerprint density at radius 3 is 2.70 bits per heavy atom. The molecule has 0 unspecified atom stereocenters. The molecular formula is C22H35ClIN3O3. The fraction of sp³-hybridized carbons (Fsp3) is 0.682. The summed E-state index contributed by atoms with van der Waals surface area (Å²) in [5.74, 6) is 2.49. The first-order valence-corrected chi connectivity index (χ1v) is 11.0. The highest BCUT2D eigenvalue weighted by molar-refractivity contribution is 14.0. The predicted molar refractivity (Wildman–Crippen MR) is 133 cm³/mol. The van der Waals surface area contributed by atoms with Gasteiger partial charge in [-0.05, 0) is 56.2 Å². The fourth-order valence-corrected chi connectivity index (χ4v) is 3.96. The molecule has 170 valence electrons. The lowest BCUT2D eigenvalue weighted by Crippen LogP contribution is -2.48. The number of hydrogen-bond donors (Lipinski definition) is 2. The van der Waals surface area contributed by atoms with Gasteiger partial charge in [-0.15, -0.1) is 24.0 Å². The Bertz CT molecular complexity index is 680. The van der Waals surface area contributed by atoms with Crippen LogP contribution in [0, 0.1) is 5.92 Å². The first-order valence-electron chi connectivity index (χ1n) is 10.6. The quantitative estimate of drug-likeness (QED) is 0.199. The molecule has 1 aromatic carbocycles. The third kappa shape index (κ3) is 7.43. The van der Waals surface area contributed by atoms with Crippen molar-refractivity contribution in [2.24, 2.45) is 10.9 Å². The van der Waals surface area contributed by atoms with Crippen LogP contribution in [0.1, 0.15) is 37.7 Å². The van der Waals surface area contributed by atoms with Gasteiger partial charge in [0.15, 0.2) is 5.96 Å². The van der Waals surface area contributed by atoms with Crippen LogP contribution in [-0.2, 0) is 14.9 Å². The lowest BCUT2D eigenvalue weighted by Gasteiger charge is -2.39. The van der Waals surface area contributed by atoms with E-state index in [4.69, 9.17) is 25.8 Å². The maximum atomic E-state index is 6.32. The van der Waals surface area contributed by atoms with Gasteiger partial charge in [0, 0.05) is 62.6 Å². The maximum Gasteiger partial charge on any atom is 0.191 e. The Kier molecular flexibility index (Phi) is 11.0. The van der Waals surface area contributed by atoms with Crippen LogP contribution in [0.15, 0.2) is 23.2 Å². The second-order valence-electron chi connectivity index (χ2n) is 7.96. The van der Waals surface area contributed by atoms with E-state index in [9.17, 15) is 0 Å². The number of rotatable bonds is 10. The van der Waals surface area contributed by atoms with Gasteiger partial charge >= 0.3 is 0 Å². The van der Waals surface area contributed by atoms with Gasteiger partial charge in [-0.1, -0.05) is 11.6 Å². The van der Waals surface area contributed by atoms with Gasteiger partial charge in [0.25, 0.3) is 0 Å². The summed E-state index contributed by atoms with van der Waals surface area (Å²) in [4.78, 5) is 4.38. The molecule has 0 bridgehead atoms. The molecule has 6 nitrogen and oxygen atoms in total. The summed E-state index contributed by atoms with van der Waals surface area (Å²) < 4.78 is 17.0. The first-order chi connectivity index (χ1) is 14.2. The molecule has 1 aliphatic carbocycles. The number of benzene rings is 1. The average molecular weight is 552 g/mol. The highest BCUT2D eigenvalue weighted by Gasteiger charge is 2.37. The van der Waals surface area contributed by atoms with E-state index in [1.165, 1.54) is 12.8 Å². The predicted octanol–water partition coefficient (Wildman–Crippen LogP) is 4.00. The molecule has 8 heteroatoms. The van der Waals surface area contributed by atoms with Gasteiger partial charge in [0.1, 0.15) is 5.75 Å². The van der Waals surface area contributed by atoms with E-state index in [0.717, 1.165) is 87.0 Å². The Labute approximate surface area is 202 Å². The number of aliphatic imine (C=N–C) groups is 1. The van der Waals surface area contributed by atoms with Gasteiger partial charge in [0.05, 0.1) is 7.11 Å². The van der Waals surface area contributed by atoms with Crippen LogP contribution in [0.25, 0.3) is 0 Å². The lowest BCUT2D eigenvalue weighted by atomic mass is 9.73. The highest BCUT2D eigenvalue weighted by Crippen LogP contribution is 2.40. The molecule has 0 atom stereocenters. The standard InChI is InChI=1S/C22H34ClN3O3.HI/c1-24-21(25-10-3-11-29-15-17-4-5-17)26-16-22(8-12-28-13-9-22)19-14-18(23)6-7-20(19)27-2;/h6-7,14,17H,3-5,8-13,15-16H2,1-2H3,(H2,24,25,26);1H. The molecular weight excluding hydrogens is 517 g/mol. The Hall–Kier alpha value is -0.770. The van der Waals surface area contributed by atoms with Crippen LogP contribution in [0.3, 0.4) is 0 Å². The maximum absolute atomic E-state index is 6.32. The monoisotopic (exact) mass is 551 g/mol. The Morgan fingerprint density at radius 2 is 2.03 bits per heavy atom. The van der Waals surface area contributed by atoms with E-state index in [2.05, 4.69) is 15.6 Å². The van der Waals surface area contributed by atoms with Crippen molar-refractivity contribution >= 4 is 41.5 Å². The molecule has 3 rings (SSSR count). The van der Waals surface area contributed by atoms with E-state index in [1.807, 2.05) is 18.2 Å². The van der Waals surface area contributed by atoms with Crippen molar-refractivity contribution in [3.8, 4) is 5.75 Å². The van der Waals surface area contributed by atoms with Crippen molar-refractivity contribution in [2.75, 3.05) is 53.7 Å². The molecule has 2 aliphatic rings. The summed E-state index contributed by atoms with van der Waals surface area (Å²) in [5.41, 5.74) is 1.02. The average Bonchev–Trinajstić information content (AvgIpc) is 3.58. The van der Waals surface area contributed by atoms with Crippen LogP contribution in [0.4, 0.5) is 0 Å². The number of guanidine groups is 1. The lowest BCUT2D eigenvalue weighted by molar-refractivity contribution is 0.0505. The van der Waals surface area contributed by atoms with Gasteiger partial charge in [-0.3, -0.25) is 4.99 Å². The van der Waals surface area contributed by atoms with Crippen LogP contribution < -0.4 is 15.4 Å². The van der Waals surface area contributed by atoms with Gasteiger partial charge < -0.3 is 24.8 Å². The summed E-state index contributed by atoms with van der Waals surface area (Å²) in [6, 6.07) is 5.85. The smallest absolute Gasteiger partial charge is 0.191 e. The largest absolute Gasteiger partial charge is 0.496 e. The van der Waals surface area contributed by atoms with Crippen LogP contribution in [-0.4, -0.2) is 59.6 Å². The first kappa shape index (κ1) is 25.5. The molecule has 1 heterocycles. The molecule has 2 fully saturated rings. The van der Waals surface area contributed by atoms with Crippen molar-refractivity contribution in [1.29, 1.82) is 0 Å². The Balaban J connectivity index is 0.00000320. The number of nitrogens with zero attached hydrogens (tertiary/aromatic N) is 1. The summed E-state index contributed by atoms with van der Waals surface area (Å²) >= 11 is 6.32. The zero-order valence-electron chi connectivity index (χ0n) is 18.0. The molecule has 0 radical (unpaired) electrons. The molecule has 0 spiro atoms. The summed E-state index contributed by atoms with van der Waals surface area (Å²) in [5, 5.41) is 7.63. The number of hydrogen-bond acceptors (Lipinski definition) is 4. The summed E-state index contributed by atoms with van der Waals surface area (Å²) in [6.07, 6.45) is 5.44. The molecule has 1 aromatic rings. The minimum atomic E-state index is -0.112. The molecule has 1 saturated heterocycles. The molecule has 2 N–H and O–H groups in total. The topological polar surface area (TPSA) is 64.1 Å².